The van der Waals surface area contributed by atoms with Gasteiger partial charge in [-0.2, -0.15) is 0 Å². The SMILES string of the molecule is CCOc1ccc(C(CN)Cc2ccc(C(C)C)cc2)c(C)c1. The zero-order valence-corrected chi connectivity index (χ0v) is 14.8. The molecule has 0 aromatic heterocycles. The summed E-state index contributed by atoms with van der Waals surface area (Å²) in [5.41, 5.74) is 11.4. The highest BCUT2D eigenvalue weighted by molar-refractivity contribution is 5.38. The van der Waals surface area contributed by atoms with E-state index in [0.29, 0.717) is 25.0 Å². The molecule has 124 valence electrons. The summed E-state index contributed by atoms with van der Waals surface area (Å²) in [4.78, 5) is 0. The fourth-order valence-corrected chi connectivity index (χ4v) is 3.01. The Kier molecular flexibility index (Phi) is 6.23. The van der Waals surface area contributed by atoms with Gasteiger partial charge in [0, 0.05) is 5.92 Å². The Hall–Kier alpha value is -1.80. The Balaban J connectivity index is 2.16. The van der Waals surface area contributed by atoms with Crippen molar-refractivity contribution in [1.29, 1.82) is 0 Å². The van der Waals surface area contributed by atoms with E-state index < -0.39 is 0 Å². The summed E-state index contributed by atoms with van der Waals surface area (Å²) >= 11 is 0. The molecule has 0 aliphatic heterocycles. The van der Waals surface area contributed by atoms with Crippen molar-refractivity contribution in [3.63, 3.8) is 0 Å². The van der Waals surface area contributed by atoms with Crippen molar-refractivity contribution in [2.45, 2.75) is 46.0 Å². The quantitative estimate of drug-likeness (QED) is 0.797. The highest BCUT2D eigenvalue weighted by atomic mass is 16.5. The van der Waals surface area contributed by atoms with Gasteiger partial charge < -0.3 is 10.5 Å². The smallest absolute Gasteiger partial charge is 0.119 e. The number of nitrogens with two attached hydrogens (primary N) is 1. The molecule has 0 aliphatic carbocycles. The van der Waals surface area contributed by atoms with E-state index in [-0.39, 0.29) is 0 Å². The molecule has 1 unspecified atom stereocenters. The molecule has 0 spiro atoms. The minimum atomic E-state index is 0.343. The van der Waals surface area contributed by atoms with Crippen LogP contribution in [0.2, 0.25) is 0 Å². The number of hydrogen-bond donors (Lipinski definition) is 1. The van der Waals surface area contributed by atoms with Gasteiger partial charge in [-0.15, -0.1) is 0 Å². The summed E-state index contributed by atoms with van der Waals surface area (Å²) in [6, 6.07) is 15.3. The first-order valence-electron chi connectivity index (χ1n) is 8.57. The lowest BCUT2D eigenvalue weighted by atomic mass is 9.88. The third-order valence-corrected chi connectivity index (χ3v) is 4.41. The Morgan fingerprint density at radius 2 is 1.74 bits per heavy atom. The molecular formula is C21H29NO. The van der Waals surface area contributed by atoms with E-state index in [1.807, 2.05) is 6.92 Å². The number of aryl methyl sites for hydroxylation is 1. The predicted octanol–water partition coefficient (Wildman–Crippen LogP) is 4.80. The van der Waals surface area contributed by atoms with Crippen LogP contribution >= 0.6 is 0 Å². The van der Waals surface area contributed by atoms with E-state index in [4.69, 9.17) is 10.5 Å². The fourth-order valence-electron chi connectivity index (χ4n) is 3.01. The summed E-state index contributed by atoms with van der Waals surface area (Å²) in [5.74, 6) is 1.85. The molecule has 2 heteroatoms. The summed E-state index contributed by atoms with van der Waals surface area (Å²) in [5, 5.41) is 0. The molecule has 0 fully saturated rings. The summed E-state index contributed by atoms with van der Waals surface area (Å²) in [6.07, 6.45) is 0.976. The topological polar surface area (TPSA) is 35.2 Å². The molecule has 0 radical (unpaired) electrons. The summed E-state index contributed by atoms with van der Waals surface area (Å²) in [7, 11) is 0. The molecule has 0 amide bonds. The van der Waals surface area contributed by atoms with E-state index >= 15 is 0 Å². The molecule has 2 rings (SSSR count). The minimum Gasteiger partial charge on any atom is -0.494 e. The predicted molar refractivity (Wildman–Crippen MR) is 98.4 cm³/mol. The van der Waals surface area contributed by atoms with Crippen LogP contribution in [0.15, 0.2) is 42.5 Å². The van der Waals surface area contributed by atoms with Crippen molar-refractivity contribution in [2.75, 3.05) is 13.2 Å². The molecular weight excluding hydrogens is 282 g/mol. The molecule has 23 heavy (non-hydrogen) atoms. The number of benzene rings is 2. The Bertz CT molecular complexity index is 616. The van der Waals surface area contributed by atoms with Crippen molar-refractivity contribution in [1.82, 2.24) is 0 Å². The van der Waals surface area contributed by atoms with Crippen LogP contribution in [0.5, 0.6) is 5.75 Å². The lowest BCUT2D eigenvalue weighted by Crippen LogP contribution is -2.16. The van der Waals surface area contributed by atoms with E-state index in [9.17, 15) is 0 Å². The van der Waals surface area contributed by atoms with Gasteiger partial charge in [-0.05, 0) is 67.1 Å². The Morgan fingerprint density at radius 3 is 2.26 bits per heavy atom. The average Bonchev–Trinajstić information content (AvgIpc) is 2.54. The highest BCUT2D eigenvalue weighted by Gasteiger charge is 2.14. The van der Waals surface area contributed by atoms with Crippen molar-refractivity contribution < 1.29 is 4.74 Å². The number of ether oxygens (including phenoxy) is 1. The molecule has 2 aromatic rings. The average molecular weight is 311 g/mol. The second-order valence-corrected chi connectivity index (χ2v) is 6.48. The first kappa shape index (κ1) is 17.6. The van der Waals surface area contributed by atoms with Crippen LogP contribution in [-0.2, 0) is 6.42 Å². The van der Waals surface area contributed by atoms with Crippen LogP contribution in [0, 0.1) is 6.92 Å². The van der Waals surface area contributed by atoms with Crippen LogP contribution in [0.25, 0.3) is 0 Å². The molecule has 2 N–H and O–H groups in total. The van der Waals surface area contributed by atoms with Gasteiger partial charge in [-0.25, -0.2) is 0 Å². The normalized spacial score (nSPS) is 12.4. The Labute approximate surface area is 140 Å². The molecule has 2 nitrogen and oxygen atoms in total. The third-order valence-electron chi connectivity index (χ3n) is 4.41. The maximum absolute atomic E-state index is 6.07. The van der Waals surface area contributed by atoms with E-state index in [1.165, 1.54) is 22.3 Å². The van der Waals surface area contributed by atoms with E-state index in [0.717, 1.165) is 12.2 Å². The molecule has 0 aliphatic rings. The summed E-state index contributed by atoms with van der Waals surface area (Å²) in [6.45, 7) is 9.94. The van der Waals surface area contributed by atoms with Gasteiger partial charge in [0.1, 0.15) is 5.75 Å². The zero-order valence-electron chi connectivity index (χ0n) is 14.8. The molecule has 2 aromatic carbocycles. The lowest BCUT2D eigenvalue weighted by Gasteiger charge is -2.19. The molecule has 0 bridgehead atoms. The first-order valence-corrected chi connectivity index (χ1v) is 8.57. The summed E-state index contributed by atoms with van der Waals surface area (Å²) < 4.78 is 5.58. The van der Waals surface area contributed by atoms with Gasteiger partial charge in [-0.1, -0.05) is 44.2 Å². The molecule has 0 saturated heterocycles. The van der Waals surface area contributed by atoms with Crippen LogP contribution in [-0.4, -0.2) is 13.2 Å². The van der Waals surface area contributed by atoms with Crippen LogP contribution in [0.4, 0.5) is 0 Å². The maximum atomic E-state index is 6.07. The van der Waals surface area contributed by atoms with E-state index in [2.05, 4.69) is 63.2 Å². The van der Waals surface area contributed by atoms with Crippen molar-refractivity contribution >= 4 is 0 Å². The third kappa shape index (κ3) is 4.59. The first-order chi connectivity index (χ1) is 11.0. The van der Waals surface area contributed by atoms with Crippen molar-refractivity contribution in [3.05, 3.63) is 64.7 Å². The molecule has 0 heterocycles. The van der Waals surface area contributed by atoms with E-state index in [1.54, 1.807) is 0 Å². The fraction of sp³-hybridized carbons (Fsp3) is 0.429. The van der Waals surface area contributed by atoms with Gasteiger partial charge in [-0.3, -0.25) is 0 Å². The van der Waals surface area contributed by atoms with Crippen LogP contribution in [0.3, 0.4) is 0 Å². The van der Waals surface area contributed by atoms with Gasteiger partial charge >= 0.3 is 0 Å². The van der Waals surface area contributed by atoms with Crippen molar-refractivity contribution in [2.24, 2.45) is 5.73 Å². The van der Waals surface area contributed by atoms with Gasteiger partial charge in [0.25, 0.3) is 0 Å². The second-order valence-electron chi connectivity index (χ2n) is 6.48. The monoisotopic (exact) mass is 311 g/mol. The highest BCUT2D eigenvalue weighted by Crippen LogP contribution is 2.27. The maximum Gasteiger partial charge on any atom is 0.119 e. The van der Waals surface area contributed by atoms with Crippen molar-refractivity contribution in [3.8, 4) is 5.75 Å². The number of hydrogen-bond acceptors (Lipinski definition) is 2. The van der Waals surface area contributed by atoms with Crippen LogP contribution in [0.1, 0.15) is 54.9 Å². The molecule has 1 atom stereocenters. The minimum absolute atomic E-state index is 0.343. The Morgan fingerprint density at radius 1 is 1.04 bits per heavy atom. The van der Waals surface area contributed by atoms with Gasteiger partial charge in [0.2, 0.25) is 0 Å². The van der Waals surface area contributed by atoms with Gasteiger partial charge in [0.05, 0.1) is 6.61 Å². The van der Waals surface area contributed by atoms with Crippen LogP contribution < -0.4 is 10.5 Å². The standard InChI is InChI=1S/C21H29NO/c1-5-23-20-10-11-21(16(4)12-20)19(14-22)13-17-6-8-18(9-7-17)15(2)3/h6-12,15,19H,5,13-14,22H2,1-4H3. The van der Waals surface area contributed by atoms with Gasteiger partial charge in [0.15, 0.2) is 0 Å². The number of rotatable bonds is 7. The lowest BCUT2D eigenvalue weighted by molar-refractivity contribution is 0.340. The largest absolute Gasteiger partial charge is 0.494 e. The zero-order chi connectivity index (χ0) is 16.8. The molecule has 0 saturated carbocycles. The second kappa shape index (κ2) is 8.16.